The smallest absolute Gasteiger partial charge is 0.267 e. The van der Waals surface area contributed by atoms with Crippen LogP contribution in [0.3, 0.4) is 0 Å². The quantitative estimate of drug-likeness (QED) is 0.548. The molecule has 0 aromatic carbocycles. The van der Waals surface area contributed by atoms with E-state index in [1.54, 1.807) is 0 Å². The zero-order valence-corrected chi connectivity index (χ0v) is 10.5. The van der Waals surface area contributed by atoms with Crippen molar-refractivity contribution in [2.24, 2.45) is 5.73 Å². The largest absolute Gasteiger partial charge is 0.388 e. The number of rotatable bonds is 5. The molecule has 0 unspecified atom stereocenters. The molecule has 0 spiro atoms. The first kappa shape index (κ1) is 12.7. The third-order valence-corrected chi connectivity index (χ3v) is 2.83. The Bertz CT molecular complexity index is 430. The van der Waals surface area contributed by atoms with Gasteiger partial charge in [0.25, 0.3) is 5.56 Å². The van der Waals surface area contributed by atoms with Crippen molar-refractivity contribution in [3.8, 4) is 0 Å². The second kappa shape index (κ2) is 5.64. The lowest BCUT2D eigenvalue weighted by Gasteiger charge is -2.21. The Hall–Kier alpha value is -1.37. The molecule has 0 fully saturated rings. The number of hydrogen-bond donors (Lipinski definition) is 3. The summed E-state index contributed by atoms with van der Waals surface area (Å²) in [5.41, 5.74) is 5.08. The van der Waals surface area contributed by atoms with Gasteiger partial charge in [-0.25, -0.2) is 4.98 Å². The number of nitrogens with zero attached hydrogens (tertiary/aromatic N) is 2. The molecule has 0 saturated carbocycles. The molecule has 6 nitrogen and oxygen atoms in total. The zero-order valence-electron chi connectivity index (χ0n) is 8.96. The molecular weight excluding hydrogens is 274 g/mol. The fourth-order valence-corrected chi connectivity index (χ4v) is 1.73. The molecule has 0 saturated heterocycles. The lowest BCUT2D eigenvalue weighted by Crippen LogP contribution is -2.30. The van der Waals surface area contributed by atoms with Crippen LogP contribution in [0.5, 0.6) is 0 Å². The van der Waals surface area contributed by atoms with Gasteiger partial charge in [0.05, 0.1) is 12.2 Å². The minimum Gasteiger partial charge on any atom is -0.388 e. The molecule has 88 valence electrons. The molecule has 16 heavy (non-hydrogen) atoms. The number of aromatic amines is 1. The van der Waals surface area contributed by atoms with Gasteiger partial charge in [-0.3, -0.25) is 10.2 Å². The Morgan fingerprint density at radius 1 is 1.75 bits per heavy atom. The summed E-state index contributed by atoms with van der Waals surface area (Å²) in [6, 6.07) is 0. The van der Waals surface area contributed by atoms with Gasteiger partial charge in [-0.05, 0) is 22.9 Å². The van der Waals surface area contributed by atoms with E-state index >= 15 is 0 Å². The number of H-pyrrole nitrogens is 1. The summed E-state index contributed by atoms with van der Waals surface area (Å²) < 4.78 is 0.403. The molecule has 0 aliphatic carbocycles. The van der Waals surface area contributed by atoms with Crippen LogP contribution in [0.2, 0.25) is 0 Å². The van der Waals surface area contributed by atoms with Gasteiger partial charge in [0, 0.05) is 19.5 Å². The number of hydrogen-bond acceptors (Lipinski definition) is 4. The highest BCUT2D eigenvalue weighted by molar-refractivity contribution is 9.10. The van der Waals surface area contributed by atoms with E-state index in [9.17, 15) is 4.79 Å². The number of nitrogens with two attached hydrogens (primary N) is 1. The summed E-state index contributed by atoms with van der Waals surface area (Å²) in [4.78, 5) is 19.8. The van der Waals surface area contributed by atoms with E-state index in [4.69, 9.17) is 11.1 Å². The van der Waals surface area contributed by atoms with Crippen LogP contribution in [-0.4, -0.2) is 28.9 Å². The molecule has 1 aromatic rings. The van der Waals surface area contributed by atoms with Crippen molar-refractivity contribution in [2.45, 2.75) is 13.3 Å². The highest BCUT2D eigenvalue weighted by Crippen LogP contribution is 2.18. The van der Waals surface area contributed by atoms with E-state index in [0.29, 0.717) is 29.8 Å². The van der Waals surface area contributed by atoms with Crippen molar-refractivity contribution >= 4 is 27.6 Å². The van der Waals surface area contributed by atoms with Crippen LogP contribution < -0.4 is 16.2 Å². The van der Waals surface area contributed by atoms with Crippen LogP contribution in [0.15, 0.2) is 15.6 Å². The second-order valence-electron chi connectivity index (χ2n) is 3.22. The number of halogens is 1. The molecule has 1 heterocycles. The van der Waals surface area contributed by atoms with Gasteiger partial charge in [-0.2, -0.15) is 0 Å². The lowest BCUT2D eigenvalue weighted by atomic mass is 10.3. The maximum Gasteiger partial charge on any atom is 0.267 e. The molecular formula is C9H14BrN5O. The maximum absolute atomic E-state index is 11.4. The fraction of sp³-hybridized carbons (Fsp3) is 0.444. The third kappa shape index (κ3) is 3.06. The minimum absolute atomic E-state index is 0.124. The summed E-state index contributed by atoms with van der Waals surface area (Å²) in [7, 11) is 0. The topological polar surface area (TPSA) is 98.9 Å². The molecule has 0 aliphatic heterocycles. The molecule has 0 aliphatic rings. The first-order chi connectivity index (χ1) is 7.56. The van der Waals surface area contributed by atoms with E-state index in [-0.39, 0.29) is 11.4 Å². The number of aromatic nitrogens is 2. The van der Waals surface area contributed by atoms with Crippen LogP contribution in [0.1, 0.15) is 13.3 Å². The van der Waals surface area contributed by atoms with Crippen LogP contribution in [0.25, 0.3) is 0 Å². The average molecular weight is 288 g/mol. The van der Waals surface area contributed by atoms with Crippen LogP contribution in [-0.2, 0) is 0 Å². The summed E-state index contributed by atoms with van der Waals surface area (Å²) in [5, 5.41) is 7.17. The van der Waals surface area contributed by atoms with Crippen molar-refractivity contribution in [3.05, 3.63) is 21.2 Å². The van der Waals surface area contributed by atoms with E-state index in [1.165, 1.54) is 6.33 Å². The van der Waals surface area contributed by atoms with Gasteiger partial charge in [0.2, 0.25) is 0 Å². The van der Waals surface area contributed by atoms with Gasteiger partial charge in [0.15, 0.2) is 0 Å². The summed E-state index contributed by atoms with van der Waals surface area (Å²) in [6.07, 6.45) is 1.81. The molecule has 0 amide bonds. The predicted octanol–water partition coefficient (Wildman–Crippen LogP) is 0.685. The van der Waals surface area contributed by atoms with Crippen molar-refractivity contribution < 1.29 is 0 Å². The van der Waals surface area contributed by atoms with Crippen molar-refractivity contribution in [1.29, 1.82) is 5.41 Å². The molecule has 0 bridgehead atoms. The highest BCUT2D eigenvalue weighted by Gasteiger charge is 2.12. The Balaban J connectivity index is 2.90. The van der Waals surface area contributed by atoms with Crippen LogP contribution in [0.4, 0.5) is 5.82 Å². The number of anilines is 1. The molecule has 0 atom stereocenters. The van der Waals surface area contributed by atoms with Gasteiger partial charge in [-0.1, -0.05) is 0 Å². The number of amidine groups is 1. The standard InChI is InChI=1S/C9H14BrN5O/c1-2-15(4-3-6(11)12)8-7(10)9(16)14-5-13-8/h5H,2-4H2,1H3,(H3,11,12)(H,13,14,16). The van der Waals surface area contributed by atoms with Crippen molar-refractivity contribution in [1.82, 2.24) is 9.97 Å². The second-order valence-corrected chi connectivity index (χ2v) is 4.02. The zero-order chi connectivity index (χ0) is 12.1. The fourth-order valence-electron chi connectivity index (χ4n) is 1.26. The lowest BCUT2D eigenvalue weighted by molar-refractivity contribution is 0.805. The van der Waals surface area contributed by atoms with E-state index in [0.717, 1.165) is 0 Å². The average Bonchev–Trinajstić information content (AvgIpc) is 2.24. The van der Waals surface area contributed by atoms with Gasteiger partial charge >= 0.3 is 0 Å². The Morgan fingerprint density at radius 3 is 3.00 bits per heavy atom. The SMILES string of the molecule is CCN(CCC(=N)N)c1nc[nH]c(=O)c1Br. The molecule has 7 heteroatoms. The number of nitrogens with one attached hydrogen (secondary N) is 2. The Kier molecular flexibility index (Phi) is 4.48. The van der Waals surface area contributed by atoms with Crippen LogP contribution >= 0.6 is 15.9 Å². The molecule has 1 rings (SSSR count). The van der Waals surface area contributed by atoms with E-state index in [2.05, 4.69) is 25.9 Å². The maximum atomic E-state index is 11.4. The van der Waals surface area contributed by atoms with Gasteiger partial charge < -0.3 is 15.6 Å². The molecule has 4 N–H and O–H groups in total. The van der Waals surface area contributed by atoms with Gasteiger partial charge in [0.1, 0.15) is 10.3 Å². The Morgan fingerprint density at radius 2 is 2.44 bits per heavy atom. The van der Waals surface area contributed by atoms with Crippen molar-refractivity contribution in [2.75, 3.05) is 18.0 Å². The summed E-state index contributed by atoms with van der Waals surface area (Å²) in [5.74, 6) is 0.701. The molecule has 0 radical (unpaired) electrons. The minimum atomic E-state index is -0.216. The van der Waals surface area contributed by atoms with Gasteiger partial charge in [-0.15, -0.1) is 0 Å². The summed E-state index contributed by atoms with van der Waals surface area (Å²) in [6.45, 7) is 3.22. The van der Waals surface area contributed by atoms with Crippen molar-refractivity contribution in [3.63, 3.8) is 0 Å². The Labute approximate surface area is 102 Å². The third-order valence-electron chi connectivity index (χ3n) is 2.11. The van der Waals surface area contributed by atoms with E-state index < -0.39 is 0 Å². The molecule has 1 aromatic heterocycles. The first-order valence-electron chi connectivity index (χ1n) is 4.87. The predicted molar refractivity (Wildman–Crippen MR) is 67.0 cm³/mol. The van der Waals surface area contributed by atoms with Crippen LogP contribution in [0, 0.1) is 5.41 Å². The summed E-state index contributed by atoms with van der Waals surface area (Å²) >= 11 is 3.20. The van der Waals surface area contributed by atoms with E-state index in [1.807, 2.05) is 11.8 Å². The first-order valence-corrected chi connectivity index (χ1v) is 5.66. The monoisotopic (exact) mass is 287 g/mol. The normalized spacial score (nSPS) is 10.1. The highest BCUT2D eigenvalue weighted by atomic mass is 79.9.